The second-order valence-corrected chi connectivity index (χ2v) is 5.78. The Morgan fingerprint density at radius 2 is 2.10 bits per heavy atom. The predicted octanol–water partition coefficient (Wildman–Crippen LogP) is 2.40. The van der Waals surface area contributed by atoms with Gasteiger partial charge in [-0.05, 0) is 49.4 Å². The van der Waals surface area contributed by atoms with E-state index in [-0.39, 0.29) is 0 Å². The highest BCUT2D eigenvalue weighted by atomic mass is 16.5. The van der Waals surface area contributed by atoms with Crippen LogP contribution in [0.2, 0.25) is 0 Å². The van der Waals surface area contributed by atoms with E-state index in [0.29, 0.717) is 12.5 Å². The van der Waals surface area contributed by atoms with Crippen LogP contribution in [0.1, 0.15) is 41.3 Å². The summed E-state index contributed by atoms with van der Waals surface area (Å²) < 4.78 is 7.26. The number of aromatic nitrogens is 2. The van der Waals surface area contributed by atoms with Crippen LogP contribution in [0.25, 0.3) is 0 Å². The molecular weight excluding hydrogens is 262 g/mol. The summed E-state index contributed by atoms with van der Waals surface area (Å²) >= 11 is 0. The summed E-state index contributed by atoms with van der Waals surface area (Å²) in [5, 5.41) is 4.76. The first-order valence-corrected chi connectivity index (χ1v) is 7.60. The van der Waals surface area contributed by atoms with Crippen LogP contribution in [0.15, 0.2) is 24.3 Å². The molecule has 3 rings (SSSR count). The van der Waals surface area contributed by atoms with Gasteiger partial charge in [-0.3, -0.25) is 4.68 Å². The zero-order chi connectivity index (χ0) is 14.8. The Balaban J connectivity index is 1.91. The standard InChI is InChI=1S/C17H23N3O/c1-20-16-5-3-4-13(11-18)17(16)15(19-20)10-12-6-8-14(21-2)9-7-12/h6-9,13H,3-5,10-11,18H2,1-2H3. The summed E-state index contributed by atoms with van der Waals surface area (Å²) in [5.41, 5.74) is 11.2. The average molecular weight is 285 g/mol. The third-order valence-electron chi connectivity index (χ3n) is 4.47. The third-order valence-corrected chi connectivity index (χ3v) is 4.47. The lowest BCUT2D eigenvalue weighted by atomic mass is 9.84. The van der Waals surface area contributed by atoms with Crippen molar-refractivity contribution in [3.05, 3.63) is 46.8 Å². The molecule has 1 aromatic carbocycles. The Kier molecular flexibility index (Phi) is 3.97. The van der Waals surface area contributed by atoms with Gasteiger partial charge in [-0.25, -0.2) is 0 Å². The number of fused-ring (bicyclic) bond motifs is 1. The molecule has 0 spiro atoms. The van der Waals surface area contributed by atoms with Crippen LogP contribution in [0.3, 0.4) is 0 Å². The molecule has 0 saturated heterocycles. The van der Waals surface area contributed by atoms with E-state index >= 15 is 0 Å². The molecule has 0 fully saturated rings. The van der Waals surface area contributed by atoms with Crippen molar-refractivity contribution in [2.45, 2.75) is 31.6 Å². The predicted molar refractivity (Wildman–Crippen MR) is 83.7 cm³/mol. The second-order valence-electron chi connectivity index (χ2n) is 5.78. The summed E-state index contributed by atoms with van der Waals surface area (Å²) in [4.78, 5) is 0. The maximum Gasteiger partial charge on any atom is 0.118 e. The first-order chi connectivity index (χ1) is 10.2. The van der Waals surface area contributed by atoms with Crippen molar-refractivity contribution in [3.63, 3.8) is 0 Å². The normalized spacial score (nSPS) is 17.6. The third kappa shape index (κ3) is 2.68. The van der Waals surface area contributed by atoms with E-state index in [4.69, 9.17) is 15.6 Å². The minimum atomic E-state index is 0.468. The lowest BCUT2D eigenvalue weighted by Crippen LogP contribution is -2.19. The average Bonchev–Trinajstić information content (AvgIpc) is 2.84. The number of nitrogens with two attached hydrogens (primary N) is 1. The number of hydrogen-bond acceptors (Lipinski definition) is 3. The fraction of sp³-hybridized carbons (Fsp3) is 0.471. The summed E-state index contributed by atoms with van der Waals surface area (Å²) in [6.45, 7) is 0.717. The molecule has 0 bridgehead atoms. The van der Waals surface area contributed by atoms with E-state index in [9.17, 15) is 0 Å². The van der Waals surface area contributed by atoms with Crippen LogP contribution in [-0.4, -0.2) is 23.4 Å². The van der Waals surface area contributed by atoms with Crippen LogP contribution in [0.5, 0.6) is 5.75 Å². The van der Waals surface area contributed by atoms with E-state index in [2.05, 4.69) is 23.9 Å². The van der Waals surface area contributed by atoms with Crippen LogP contribution in [-0.2, 0) is 19.9 Å². The maximum atomic E-state index is 5.97. The molecule has 0 amide bonds. The van der Waals surface area contributed by atoms with Gasteiger partial charge in [0, 0.05) is 24.7 Å². The minimum Gasteiger partial charge on any atom is -0.497 e. The second kappa shape index (κ2) is 5.90. The number of rotatable bonds is 4. The number of ether oxygens (including phenoxy) is 1. The molecule has 1 unspecified atom stereocenters. The zero-order valence-electron chi connectivity index (χ0n) is 12.8. The number of aryl methyl sites for hydroxylation is 1. The van der Waals surface area contributed by atoms with Gasteiger partial charge in [-0.15, -0.1) is 0 Å². The lowest BCUT2D eigenvalue weighted by molar-refractivity contribution is 0.414. The van der Waals surface area contributed by atoms with Gasteiger partial charge in [-0.2, -0.15) is 5.10 Å². The van der Waals surface area contributed by atoms with E-state index in [1.54, 1.807) is 7.11 Å². The summed E-state index contributed by atoms with van der Waals surface area (Å²) in [5.74, 6) is 1.36. The molecule has 2 aromatic rings. The fourth-order valence-electron chi connectivity index (χ4n) is 3.37. The van der Waals surface area contributed by atoms with Gasteiger partial charge in [-0.1, -0.05) is 12.1 Å². The van der Waals surface area contributed by atoms with Crippen molar-refractivity contribution in [2.24, 2.45) is 12.8 Å². The fourth-order valence-corrected chi connectivity index (χ4v) is 3.37. The smallest absolute Gasteiger partial charge is 0.118 e. The van der Waals surface area contributed by atoms with Crippen molar-refractivity contribution in [2.75, 3.05) is 13.7 Å². The van der Waals surface area contributed by atoms with Gasteiger partial charge >= 0.3 is 0 Å². The van der Waals surface area contributed by atoms with Crippen molar-refractivity contribution in [1.82, 2.24) is 9.78 Å². The SMILES string of the molecule is COc1ccc(Cc2nn(C)c3c2C(CN)CCC3)cc1. The molecular formula is C17H23N3O. The van der Waals surface area contributed by atoms with E-state index in [1.165, 1.54) is 35.4 Å². The van der Waals surface area contributed by atoms with Gasteiger partial charge in [0.05, 0.1) is 12.8 Å². The van der Waals surface area contributed by atoms with Crippen LogP contribution in [0, 0.1) is 0 Å². The number of benzene rings is 1. The van der Waals surface area contributed by atoms with E-state index < -0.39 is 0 Å². The Morgan fingerprint density at radius 1 is 1.33 bits per heavy atom. The summed E-state index contributed by atoms with van der Waals surface area (Å²) in [6.07, 6.45) is 4.39. The number of nitrogens with zero attached hydrogens (tertiary/aromatic N) is 2. The highest BCUT2D eigenvalue weighted by Gasteiger charge is 2.26. The quantitative estimate of drug-likeness (QED) is 0.938. The molecule has 1 aliphatic rings. The molecule has 4 heteroatoms. The van der Waals surface area contributed by atoms with Crippen LogP contribution < -0.4 is 10.5 Å². The Labute approximate surface area is 125 Å². The van der Waals surface area contributed by atoms with Gasteiger partial charge < -0.3 is 10.5 Å². The Hall–Kier alpha value is -1.81. The lowest BCUT2D eigenvalue weighted by Gasteiger charge is -2.22. The van der Waals surface area contributed by atoms with Crippen molar-refractivity contribution < 1.29 is 4.74 Å². The first kappa shape index (κ1) is 14.1. The molecule has 1 atom stereocenters. The molecule has 1 aromatic heterocycles. The minimum absolute atomic E-state index is 0.468. The molecule has 0 radical (unpaired) electrons. The van der Waals surface area contributed by atoms with Crippen LogP contribution >= 0.6 is 0 Å². The molecule has 1 heterocycles. The largest absolute Gasteiger partial charge is 0.497 e. The molecule has 1 aliphatic carbocycles. The van der Waals surface area contributed by atoms with Crippen LogP contribution in [0.4, 0.5) is 0 Å². The van der Waals surface area contributed by atoms with Crippen molar-refractivity contribution in [3.8, 4) is 5.75 Å². The van der Waals surface area contributed by atoms with Crippen molar-refractivity contribution >= 4 is 0 Å². The molecule has 21 heavy (non-hydrogen) atoms. The Bertz CT molecular complexity index is 616. The zero-order valence-corrected chi connectivity index (χ0v) is 12.8. The molecule has 0 saturated carbocycles. The van der Waals surface area contributed by atoms with Crippen molar-refractivity contribution in [1.29, 1.82) is 0 Å². The van der Waals surface area contributed by atoms with Gasteiger partial charge in [0.25, 0.3) is 0 Å². The van der Waals surface area contributed by atoms with E-state index in [0.717, 1.165) is 18.6 Å². The maximum absolute atomic E-state index is 5.97. The molecule has 0 aliphatic heterocycles. The Morgan fingerprint density at radius 3 is 2.76 bits per heavy atom. The van der Waals surface area contributed by atoms with E-state index in [1.807, 2.05) is 12.1 Å². The summed E-state index contributed by atoms with van der Waals surface area (Å²) in [6, 6.07) is 8.23. The number of hydrogen-bond donors (Lipinski definition) is 1. The number of methoxy groups -OCH3 is 1. The monoisotopic (exact) mass is 285 g/mol. The van der Waals surface area contributed by atoms with Gasteiger partial charge in [0.1, 0.15) is 5.75 Å². The van der Waals surface area contributed by atoms with Gasteiger partial charge in [0.2, 0.25) is 0 Å². The highest BCUT2D eigenvalue weighted by Crippen LogP contribution is 2.34. The molecule has 4 nitrogen and oxygen atoms in total. The molecule has 112 valence electrons. The topological polar surface area (TPSA) is 53.1 Å². The molecule has 2 N–H and O–H groups in total. The summed E-state index contributed by atoms with van der Waals surface area (Å²) in [7, 11) is 3.74. The van der Waals surface area contributed by atoms with Gasteiger partial charge in [0.15, 0.2) is 0 Å². The first-order valence-electron chi connectivity index (χ1n) is 7.60. The highest BCUT2D eigenvalue weighted by molar-refractivity contribution is 5.37.